The van der Waals surface area contributed by atoms with Crippen LogP contribution in [-0.4, -0.2) is 27.8 Å². The first-order valence-corrected chi connectivity index (χ1v) is 13.0. The summed E-state index contributed by atoms with van der Waals surface area (Å²) in [7, 11) is 1.19. The summed E-state index contributed by atoms with van der Waals surface area (Å²) in [6.07, 6.45) is -0.279. The fourth-order valence-corrected chi connectivity index (χ4v) is 5.28. The number of aromatic nitrogens is 4. The molecule has 2 aromatic heterocycles. The largest absolute Gasteiger partial charge is 0.466 e. The molecule has 2 aromatic carbocycles. The number of rotatable bonds is 6. The molecule has 1 aliphatic rings. The van der Waals surface area contributed by atoms with E-state index in [1.54, 1.807) is 25.1 Å². The van der Waals surface area contributed by atoms with Crippen molar-refractivity contribution in [3.05, 3.63) is 117 Å². The van der Waals surface area contributed by atoms with Gasteiger partial charge in [-0.3, -0.25) is 4.90 Å². The topological polar surface area (TPSA) is 108 Å². The summed E-state index contributed by atoms with van der Waals surface area (Å²) in [5.41, 5.74) is 1.46. The number of carbonyl (C=O) groups excluding carboxylic acids is 1. The number of alkyl halides is 3. The molecule has 0 radical (unpaired) electrons. The van der Waals surface area contributed by atoms with Gasteiger partial charge in [0.2, 0.25) is 5.95 Å². The maximum absolute atomic E-state index is 13.6. The van der Waals surface area contributed by atoms with Crippen LogP contribution in [0.3, 0.4) is 0 Å². The minimum absolute atomic E-state index is 0.00199. The Morgan fingerprint density at radius 1 is 1.17 bits per heavy atom. The van der Waals surface area contributed by atoms with Gasteiger partial charge in [0.1, 0.15) is 6.04 Å². The number of ether oxygens (including phenoxy) is 1. The van der Waals surface area contributed by atoms with Gasteiger partial charge in [-0.25, -0.2) is 23.8 Å². The molecule has 1 atom stereocenters. The third-order valence-electron chi connectivity index (χ3n) is 7.19. The zero-order valence-electron chi connectivity index (χ0n) is 22.9. The van der Waals surface area contributed by atoms with Gasteiger partial charge in [-0.15, -0.1) is 5.10 Å². The molecule has 1 N–H and O–H groups in total. The Kier molecular flexibility index (Phi) is 7.43. The van der Waals surface area contributed by atoms with Crippen molar-refractivity contribution in [3.8, 4) is 6.07 Å². The summed E-state index contributed by atoms with van der Waals surface area (Å²) in [4.78, 5) is 28.0. The van der Waals surface area contributed by atoms with Crippen LogP contribution in [0.25, 0.3) is 0 Å². The standard InChI is InChI=1S/C30H25F3N6O3/c1-18-6-5-12-37(17-18)13-11-21-14-20(16-34)9-10-24(21)26-25(27(40)42-3)19(2)38(28-35-36-29(41)39(26)28)23-8-4-7-22(15-23)30(31,32)33/h4-10,12,14-15,17,26H,11,13H2,1-3H3/p+1/t26-/m1/s1. The van der Waals surface area contributed by atoms with Crippen molar-refractivity contribution in [2.24, 2.45) is 0 Å². The number of hydrogen-bond acceptors (Lipinski definition) is 6. The number of pyridine rings is 1. The van der Waals surface area contributed by atoms with Crippen molar-refractivity contribution in [1.82, 2.24) is 14.8 Å². The van der Waals surface area contributed by atoms with Gasteiger partial charge >= 0.3 is 17.8 Å². The van der Waals surface area contributed by atoms with Gasteiger partial charge in [0.25, 0.3) is 0 Å². The van der Waals surface area contributed by atoms with E-state index >= 15 is 0 Å². The molecule has 0 bridgehead atoms. The van der Waals surface area contributed by atoms with Crippen LogP contribution in [0, 0.1) is 18.3 Å². The molecular formula is C30H26F3N6O3+. The highest BCUT2D eigenvalue weighted by Gasteiger charge is 2.41. The van der Waals surface area contributed by atoms with Crippen LogP contribution in [0.15, 0.2) is 83.1 Å². The summed E-state index contributed by atoms with van der Waals surface area (Å²) < 4.78 is 49.1. The summed E-state index contributed by atoms with van der Waals surface area (Å²) >= 11 is 0. The highest BCUT2D eigenvalue weighted by Crippen LogP contribution is 2.43. The number of methoxy groups -OCH3 is 1. The molecule has 0 fully saturated rings. The number of allylic oxidation sites excluding steroid dienone is 1. The molecule has 0 spiro atoms. The lowest BCUT2D eigenvalue weighted by Gasteiger charge is -2.36. The Bertz CT molecular complexity index is 1820. The van der Waals surface area contributed by atoms with Crippen LogP contribution in [0.4, 0.5) is 24.8 Å². The Hall–Kier alpha value is -5.18. The number of H-pyrrole nitrogens is 1. The molecule has 0 unspecified atom stereocenters. The number of halogens is 3. The lowest BCUT2D eigenvalue weighted by atomic mass is 9.89. The average Bonchev–Trinajstić information content (AvgIpc) is 3.35. The number of fused-ring (bicyclic) bond motifs is 1. The normalized spacial score (nSPS) is 14.9. The van der Waals surface area contributed by atoms with Gasteiger partial charge in [-0.1, -0.05) is 12.1 Å². The van der Waals surface area contributed by atoms with Crippen molar-refractivity contribution in [2.45, 2.75) is 39.0 Å². The SMILES string of the molecule is COC(=O)C1=C(C)N(c2cccc(C(F)(F)F)c2)c2n[nH]c(=O)n2[C@@H]1c1ccc(C#N)cc1CC[n+]1cccc(C)c1. The van der Waals surface area contributed by atoms with E-state index in [-0.39, 0.29) is 22.9 Å². The van der Waals surface area contributed by atoms with Gasteiger partial charge in [0.05, 0.1) is 29.9 Å². The van der Waals surface area contributed by atoms with Gasteiger partial charge < -0.3 is 4.74 Å². The number of esters is 1. The molecular weight excluding hydrogens is 549 g/mol. The third-order valence-corrected chi connectivity index (χ3v) is 7.19. The Labute approximate surface area is 238 Å². The molecule has 9 nitrogen and oxygen atoms in total. The summed E-state index contributed by atoms with van der Waals surface area (Å²) in [6.45, 7) is 4.07. The van der Waals surface area contributed by atoms with Crippen LogP contribution in [0.5, 0.6) is 0 Å². The Morgan fingerprint density at radius 3 is 2.64 bits per heavy atom. The number of aromatic amines is 1. The summed E-state index contributed by atoms with van der Waals surface area (Å²) in [5, 5.41) is 16.2. The van der Waals surface area contributed by atoms with Gasteiger partial charge in [-0.2, -0.15) is 18.4 Å². The second kappa shape index (κ2) is 11.0. The molecule has 1 aliphatic heterocycles. The highest BCUT2D eigenvalue weighted by atomic mass is 19.4. The molecule has 4 aromatic rings. The number of nitrogens with one attached hydrogen (secondary N) is 1. The second-order valence-corrected chi connectivity index (χ2v) is 9.87. The lowest BCUT2D eigenvalue weighted by Crippen LogP contribution is -2.38. The fourth-order valence-electron chi connectivity index (χ4n) is 5.28. The molecule has 12 heteroatoms. The number of nitrogens with zero attached hydrogens (tertiary/aromatic N) is 5. The van der Waals surface area contributed by atoms with Crippen molar-refractivity contribution in [1.29, 1.82) is 5.26 Å². The van der Waals surface area contributed by atoms with E-state index in [4.69, 9.17) is 4.74 Å². The number of nitriles is 1. The number of anilines is 2. The molecule has 3 heterocycles. The van der Waals surface area contributed by atoms with Crippen molar-refractivity contribution >= 4 is 17.6 Å². The number of carbonyl (C=O) groups is 1. The molecule has 0 saturated carbocycles. The van der Waals surface area contributed by atoms with Crippen LogP contribution in [0.2, 0.25) is 0 Å². The molecule has 5 rings (SSSR count). The van der Waals surface area contributed by atoms with E-state index in [1.807, 2.05) is 36.0 Å². The van der Waals surface area contributed by atoms with Crippen molar-refractivity contribution < 1.29 is 27.3 Å². The van der Waals surface area contributed by atoms with E-state index in [1.165, 1.54) is 28.7 Å². The molecule has 0 aliphatic carbocycles. The van der Waals surface area contributed by atoms with Crippen LogP contribution < -0.4 is 15.2 Å². The summed E-state index contributed by atoms with van der Waals surface area (Å²) in [6, 6.07) is 14.5. The number of hydrogen-bond donors (Lipinski definition) is 1. The minimum atomic E-state index is -4.62. The highest BCUT2D eigenvalue weighted by molar-refractivity contribution is 5.93. The average molecular weight is 576 g/mol. The second-order valence-electron chi connectivity index (χ2n) is 9.87. The lowest BCUT2D eigenvalue weighted by molar-refractivity contribution is -0.696. The zero-order valence-corrected chi connectivity index (χ0v) is 22.9. The predicted octanol–water partition coefficient (Wildman–Crippen LogP) is 4.49. The number of aryl methyl sites for hydroxylation is 3. The maximum atomic E-state index is 13.6. The first kappa shape index (κ1) is 28.4. The van der Waals surface area contributed by atoms with E-state index in [0.29, 0.717) is 29.7 Å². The van der Waals surface area contributed by atoms with Gasteiger partial charge in [0, 0.05) is 29.4 Å². The monoisotopic (exact) mass is 575 g/mol. The van der Waals surface area contributed by atoms with E-state index in [0.717, 1.165) is 17.7 Å². The smallest absolute Gasteiger partial charge is 0.416 e. The van der Waals surface area contributed by atoms with Crippen molar-refractivity contribution in [2.75, 3.05) is 12.0 Å². The van der Waals surface area contributed by atoms with E-state index in [2.05, 4.69) is 16.3 Å². The molecule has 42 heavy (non-hydrogen) atoms. The first-order chi connectivity index (χ1) is 20.0. The maximum Gasteiger partial charge on any atom is 0.416 e. The Morgan fingerprint density at radius 2 is 1.95 bits per heavy atom. The minimum Gasteiger partial charge on any atom is -0.466 e. The van der Waals surface area contributed by atoms with E-state index in [9.17, 15) is 28.0 Å². The first-order valence-electron chi connectivity index (χ1n) is 13.0. The van der Waals surface area contributed by atoms with Crippen LogP contribution in [-0.2, 0) is 28.7 Å². The fraction of sp³-hybridized carbons (Fsp3) is 0.233. The van der Waals surface area contributed by atoms with Gasteiger partial charge in [-0.05, 0) is 61.4 Å². The van der Waals surface area contributed by atoms with Crippen molar-refractivity contribution in [3.63, 3.8) is 0 Å². The number of benzene rings is 2. The molecule has 214 valence electrons. The quantitative estimate of drug-likeness (QED) is 0.268. The van der Waals surface area contributed by atoms with Crippen LogP contribution >= 0.6 is 0 Å². The Balaban J connectivity index is 1.71. The molecule has 0 amide bonds. The van der Waals surface area contributed by atoms with Gasteiger partial charge in [0.15, 0.2) is 18.9 Å². The summed E-state index contributed by atoms with van der Waals surface area (Å²) in [5.74, 6) is -0.769. The zero-order chi connectivity index (χ0) is 30.2. The molecule has 0 saturated heterocycles. The third kappa shape index (κ3) is 5.16. The predicted molar refractivity (Wildman–Crippen MR) is 146 cm³/mol. The van der Waals surface area contributed by atoms with Crippen LogP contribution in [0.1, 0.15) is 40.8 Å². The van der Waals surface area contributed by atoms with E-state index < -0.39 is 29.4 Å².